The van der Waals surface area contributed by atoms with E-state index in [9.17, 15) is 0 Å². The maximum absolute atomic E-state index is 7.03. The quantitative estimate of drug-likeness (QED) is 0.320. The highest BCUT2D eigenvalue weighted by Crippen LogP contribution is 2.46. The summed E-state index contributed by atoms with van der Waals surface area (Å²) in [5, 5.41) is 5.13. The fourth-order valence-electron chi connectivity index (χ4n) is 7.54. The highest BCUT2D eigenvalue weighted by atomic mass is 35.5. The number of aromatic nitrogens is 2. The van der Waals surface area contributed by atoms with Gasteiger partial charge in [-0.25, -0.2) is 0 Å². The summed E-state index contributed by atoms with van der Waals surface area (Å²) in [4.78, 5) is 9.48. The van der Waals surface area contributed by atoms with E-state index in [1.54, 1.807) is 0 Å². The van der Waals surface area contributed by atoms with E-state index in [0.717, 1.165) is 35.2 Å². The second-order valence-corrected chi connectivity index (χ2v) is 12.9. The highest BCUT2D eigenvalue weighted by molar-refractivity contribution is 7.80. The minimum Gasteiger partial charge on any atom is -0.370 e. The first-order valence-electron chi connectivity index (χ1n) is 14.5. The van der Waals surface area contributed by atoms with Crippen LogP contribution in [0.25, 0.3) is 0 Å². The van der Waals surface area contributed by atoms with Gasteiger partial charge in [-0.1, -0.05) is 44.4 Å². The van der Waals surface area contributed by atoms with Crippen molar-refractivity contribution < 1.29 is 0 Å². The minimum atomic E-state index is -0.0570. The molecular formula is C32H40ClN5S. The molecule has 2 aromatic heterocycles. The first-order valence-corrected chi connectivity index (χ1v) is 15.3. The van der Waals surface area contributed by atoms with Crippen LogP contribution in [0.15, 0.2) is 48.7 Å². The van der Waals surface area contributed by atoms with E-state index in [0.29, 0.717) is 23.0 Å². The third kappa shape index (κ3) is 4.95. The maximum atomic E-state index is 7.03. The lowest BCUT2D eigenvalue weighted by molar-refractivity contribution is 0.357. The molecule has 7 heteroatoms. The largest absolute Gasteiger partial charge is 0.370 e. The molecule has 0 unspecified atom stereocenters. The van der Waals surface area contributed by atoms with E-state index < -0.39 is 0 Å². The average Bonchev–Trinajstić information content (AvgIpc) is 3.61. The van der Waals surface area contributed by atoms with Gasteiger partial charge in [0.2, 0.25) is 0 Å². The van der Waals surface area contributed by atoms with Crippen molar-refractivity contribution in [3.63, 3.8) is 0 Å². The van der Waals surface area contributed by atoms with Crippen LogP contribution in [-0.4, -0.2) is 27.8 Å². The van der Waals surface area contributed by atoms with E-state index in [4.69, 9.17) is 28.8 Å². The van der Waals surface area contributed by atoms with Crippen LogP contribution < -0.4 is 15.1 Å². The van der Waals surface area contributed by atoms with Gasteiger partial charge in [0.05, 0.1) is 28.5 Å². The lowest BCUT2D eigenvalue weighted by atomic mass is 9.91. The summed E-state index contributed by atoms with van der Waals surface area (Å²) in [6, 6.07) is 15.5. The first-order chi connectivity index (χ1) is 18.8. The number of anilines is 2. The van der Waals surface area contributed by atoms with Crippen molar-refractivity contribution in [1.82, 2.24) is 14.9 Å². The molecule has 4 heterocycles. The minimum absolute atomic E-state index is 0.0225. The molecule has 6 rings (SSSR count). The number of halogens is 1. The van der Waals surface area contributed by atoms with Crippen LogP contribution in [0, 0.1) is 25.7 Å². The van der Waals surface area contributed by atoms with Crippen molar-refractivity contribution >= 4 is 40.3 Å². The van der Waals surface area contributed by atoms with E-state index >= 15 is 0 Å². The van der Waals surface area contributed by atoms with Crippen molar-refractivity contribution in [1.29, 1.82) is 0 Å². The molecule has 3 aromatic rings. The Bertz CT molecular complexity index is 1340. The molecule has 206 valence electrons. The number of piperidine rings is 1. The molecule has 3 fully saturated rings. The number of hydrogen-bond donors (Lipinski definition) is 1. The number of nitrogens with one attached hydrogen (secondary N) is 1. The molecular weight excluding hydrogens is 522 g/mol. The van der Waals surface area contributed by atoms with Gasteiger partial charge in [-0.05, 0) is 99.1 Å². The monoisotopic (exact) mass is 561 g/mol. The number of nitrogens with zero attached hydrogens (tertiary/aromatic N) is 4. The van der Waals surface area contributed by atoms with Crippen LogP contribution in [0.4, 0.5) is 11.4 Å². The Morgan fingerprint density at radius 2 is 1.74 bits per heavy atom. The van der Waals surface area contributed by atoms with Crippen molar-refractivity contribution in [3.05, 3.63) is 76.3 Å². The summed E-state index contributed by atoms with van der Waals surface area (Å²) in [5.74, 6) is 1.33. The van der Waals surface area contributed by atoms with E-state index in [-0.39, 0.29) is 12.1 Å². The van der Waals surface area contributed by atoms with Gasteiger partial charge in [0, 0.05) is 42.4 Å². The summed E-state index contributed by atoms with van der Waals surface area (Å²) >= 11 is 13.1. The number of benzene rings is 1. The molecule has 0 bridgehead atoms. The predicted molar refractivity (Wildman–Crippen MR) is 166 cm³/mol. The van der Waals surface area contributed by atoms with Crippen molar-refractivity contribution in [2.24, 2.45) is 11.8 Å². The molecule has 2 aliphatic heterocycles. The summed E-state index contributed by atoms with van der Waals surface area (Å²) in [6.07, 6.45) is 8.29. The normalized spacial score (nSPS) is 25.9. The lowest BCUT2D eigenvalue weighted by Gasteiger charge is -2.37. The number of thiocarbonyl (C=S) groups is 1. The van der Waals surface area contributed by atoms with Gasteiger partial charge >= 0.3 is 0 Å². The summed E-state index contributed by atoms with van der Waals surface area (Å²) < 4.78 is 2.58. The van der Waals surface area contributed by atoms with Crippen LogP contribution in [0.5, 0.6) is 0 Å². The Kier molecular flexibility index (Phi) is 7.36. The van der Waals surface area contributed by atoms with Crippen molar-refractivity contribution in [3.8, 4) is 0 Å². The maximum Gasteiger partial charge on any atom is 0.174 e. The van der Waals surface area contributed by atoms with Crippen LogP contribution in [0.1, 0.15) is 86.7 Å². The number of aryl methyl sites for hydroxylation is 1. The van der Waals surface area contributed by atoms with Gasteiger partial charge in [0.1, 0.15) is 0 Å². The molecule has 39 heavy (non-hydrogen) atoms. The molecule has 3 aliphatic rings. The summed E-state index contributed by atoms with van der Waals surface area (Å²) in [5.41, 5.74) is 7.11. The molecule has 1 saturated carbocycles. The SMILES string of the molecule is Cc1cc([C@H]2[C@@H](c3ccccn3)NC(=S)N2c2ccc(N3C[C@H](C)C[C@H](C)C3)c(Cl)c2)c(C)n1C1CCCC1. The highest BCUT2D eigenvalue weighted by Gasteiger charge is 2.43. The zero-order chi connectivity index (χ0) is 27.3. The van der Waals surface area contributed by atoms with Gasteiger partial charge in [-0.2, -0.15) is 0 Å². The fourth-order valence-corrected chi connectivity index (χ4v) is 8.18. The third-order valence-corrected chi connectivity index (χ3v) is 9.67. The van der Waals surface area contributed by atoms with Gasteiger partial charge in [0.15, 0.2) is 5.11 Å². The molecule has 0 spiro atoms. The van der Waals surface area contributed by atoms with Crippen LogP contribution in [0.2, 0.25) is 5.02 Å². The first kappa shape index (κ1) is 26.6. The number of hydrogen-bond acceptors (Lipinski definition) is 3. The average molecular weight is 562 g/mol. The van der Waals surface area contributed by atoms with E-state index in [1.807, 2.05) is 12.3 Å². The zero-order valence-electron chi connectivity index (χ0n) is 23.5. The van der Waals surface area contributed by atoms with Crippen molar-refractivity contribution in [2.75, 3.05) is 22.9 Å². The Balaban J connectivity index is 1.41. The van der Waals surface area contributed by atoms with Crippen LogP contribution >= 0.6 is 23.8 Å². The zero-order valence-corrected chi connectivity index (χ0v) is 25.1. The second-order valence-electron chi connectivity index (χ2n) is 12.1. The summed E-state index contributed by atoms with van der Waals surface area (Å²) in [7, 11) is 0. The van der Waals surface area contributed by atoms with Crippen molar-refractivity contribution in [2.45, 2.75) is 77.9 Å². The van der Waals surface area contributed by atoms with Gasteiger partial charge in [-0.15, -0.1) is 0 Å². The molecule has 0 amide bonds. The molecule has 2 saturated heterocycles. The third-order valence-electron chi connectivity index (χ3n) is 9.05. The molecule has 0 radical (unpaired) electrons. The smallest absolute Gasteiger partial charge is 0.174 e. The molecule has 1 N–H and O–H groups in total. The topological polar surface area (TPSA) is 36.3 Å². The molecule has 1 aromatic carbocycles. The van der Waals surface area contributed by atoms with E-state index in [1.165, 1.54) is 49.1 Å². The Labute approximate surface area is 243 Å². The Hall–Kier alpha value is -2.57. The Morgan fingerprint density at radius 1 is 1.00 bits per heavy atom. The number of pyridine rings is 1. The predicted octanol–water partition coefficient (Wildman–Crippen LogP) is 7.93. The van der Waals surface area contributed by atoms with Gasteiger partial charge in [0.25, 0.3) is 0 Å². The Morgan fingerprint density at radius 3 is 2.41 bits per heavy atom. The molecule has 4 atom stereocenters. The fraction of sp³-hybridized carbons (Fsp3) is 0.500. The van der Waals surface area contributed by atoms with Gasteiger partial charge < -0.3 is 19.7 Å². The summed E-state index contributed by atoms with van der Waals surface area (Å²) in [6.45, 7) is 11.3. The van der Waals surface area contributed by atoms with Crippen LogP contribution in [-0.2, 0) is 0 Å². The lowest BCUT2D eigenvalue weighted by Crippen LogP contribution is -2.38. The second kappa shape index (κ2) is 10.8. The van der Waals surface area contributed by atoms with Gasteiger partial charge in [-0.3, -0.25) is 4.98 Å². The molecule has 5 nitrogen and oxygen atoms in total. The van der Waals surface area contributed by atoms with Crippen LogP contribution in [0.3, 0.4) is 0 Å². The standard InChI is InChI=1S/C32H40ClN5S/c1-20-15-21(2)19-36(18-20)29-13-12-25(17-27(29)33)38-31(30(35-32(38)39)28-11-7-8-14-34-28)26-16-22(3)37(23(26)4)24-9-5-6-10-24/h7-8,11-14,16-17,20-21,24,30-31H,5-6,9-10,15,18-19H2,1-4H3,(H,35,39)/t20-,21+,30-,31+/m1/s1. The number of rotatable bonds is 5. The molecule has 1 aliphatic carbocycles. The van der Waals surface area contributed by atoms with E-state index in [2.05, 4.69) is 83.8 Å².